The van der Waals surface area contributed by atoms with Gasteiger partial charge in [-0.25, -0.2) is 0 Å². The minimum atomic E-state index is -1.16. The van der Waals surface area contributed by atoms with Crippen molar-refractivity contribution in [3.8, 4) is 11.5 Å². The summed E-state index contributed by atoms with van der Waals surface area (Å²) in [5.74, 6) is -1.14. The number of ketones is 1. The molecule has 2 rings (SSSR count). The van der Waals surface area contributed by atoms with Crippen LogP contribution >= 0.6 is 11.8 Å². The standard InChI is InChI=1S/C17H19NO6S/c1-18-16(22)10(8-13(19)20)14(17(18)25-4)15(21)9-5-6-11(23-2)12(7-9)24-3/h5-7,17H,8H2,1-4H3,(H,19,20). The highest BCUT2D eigenvalue weighted by atomic mass is 32.2. The van der Waals surface area contributed by atoms with Gasteiger partial charge < -0.3 is 19.5 Å². The summed E-state index contributed by atoms with van der Waals surface area (Å²) in [6.07, 6.45) is 1.27. The van der Waals surface area contributed by atoms with E-state index in [1.54, 1.807) is 25.4 Å². The number of methoxy groups -OCH3 is 2. The first-order chi connectivity index (χ1) is 11.8. The number of hydrogen-bond acceptors (Lipinski definition) is 6. The number of rotatable bonds is 7. The summed E-state index contributed by atoms with van der Waals surface area (Å²) in [6, 6.07) is 4.68. The van der Waals surface area contributed by atoms with Crippen LogP contribution in [-0.4, -0.2) is 60.6 Å². The van der Waals surface area contributed by atoms with E-state index in [-0.39, 0.29) is 11.1 Å². The summed E-state index contributed by atoms with van der Waals surface area (Å²) in [5.41, 5.74) is 0.529. The second-order valence-electron chi connectivity index (χ2n) is 5.37. The van der Waals surface area contributed by atoms with Gasteiger partial charge in [0.2, 0.25) is 0 Å². The molecule has 0 saturated heterocycles. The quantitative estimate of drug-likeness (QED) is 0.737. The van der Waals surface area contributed by atoms with Gasteiger partial charge in [-0.05, 0) is 24.5 Å². The molecule has 1 N–H and O–H groups in total. The van der Waals surface area contributed by atoms with Gasteiger partial charge >= 0.3 is 5.97 Å². The molecule has 0 spiro atoms. The average Bonchev–Trinajstić information content (AvgIpc) is 2.84. The van der Waals surface area contributed by atoms with E-state index in [9.17, 15) is 14.4 Å². The fourth-order valence-corrected chi connectivity index (χ4v) is 3.65. The third-order valence-electron chi connectivity index (χ3n) is 3.94. The summed E-state index contributed by atoms with van der Waals surface area (Å²) in [6.45, 7) is 0. The van der Waals surface area contributed by atoms with E-state index in [1.165, 1.54) is 36.9 Å². The molecule has 1 aromatic rings. The zero-order valence-corrected chi connectivity index (χ0v) is 15.2. The first-order valence-electron chi connectivity index (χ1n) is 7.37. The number of likely N-dealkylation sites (N-methyl/N-ethyl adjacent to an activating group) is 1. The molecule has 0 aromatic heterocycles. The van der Waals surface area contributed by atoms with Crippen molar-refractivity contribution in [3.05, 3.63) is 34.9 Å². The van der Waals surface area contributed by atoms with Crippen molar-refractivity contribution in [2.45, 2.75) is 11.8 Å². The summed E-state index contributed by atoms with van der Waals surface area (Å²) < 4.78 is 10.4. The molecule has 1 heterocycles. The number of thioether (sulfide) groups is 1. The normalized spacial score (nSPS) is 17.0. The largest absolute Gasteiger partial charge is 0.493 e. The van der Waals surface area contributed by atoms with Gasteiger partial charge in [0.25, 0.3) is 5.91 Å². The third-order valence-corrected chi connectivity index (χ3v) is 4.94. The molecule has 0 bridgehead atoms. The van der Waals surface area contributed by atoms with Crippen LogP contribution in [0, 0.1) is 0 Å². The molecule has 1 atom stereocenters. The molecule has 1 aliphatic heterocycles. The number of carboxylic acid groups (broad SMARTS) is 1. The fourth-order valence-electron chi connectivity index (χ4n) is 2.76. The Bertz CT molecular complexity index is 758. The number of carboxylic acids is 1. The maximum atomic E-state index is 13.0. The molecule has 1 amide bonds. The minimum Gasteiger partial charge on any atom is -0.493 e. The number of ether oxygens (including phenoxy) is 2. The molecule has 8 heteroatoms. The second-order valence-corrected chi connectivity index (χ2v) is 6.28. The van der Waals surface area contributed by atoms with Crippen molar-refractivity contribution >= 4 is 29.4 Å². The maximum Gasteiger partial charge on any atom is 0.308 e. The van der Waals surface area contributed by atoms with E-state index < -0.39 is 29.5 Å². The highest BCUT2D eigenvalue weighted by molar-refractivity contribution is 7.99. The number of aliphatic carboxylic acids is 1. The molecule has 1 aliphatic rings. The number of benzene rings is 1. The second kappa shape index (κ2) is 7.60. The lowest BCUT2D eigenvalue weighted by Crippen LogP contribution is -2.30. The molecule has 1 unspecified atom stereocenters. The van der Waals surface area contributed by atoms with Crippen LogP contribution in [-0.2, 0) is 9.59 Å². The van der Waals surface area contributed by atoms with E-state index in [1.807, 2.05) is 0 Å². The molecule has 0 saturated carbocycles. The lowest BCUT2D eigenvalue weighted by atomic mass is 9.98. The number of carbonyl (C=O) groups excluding carboxylic acids is 2. The Labute approximate surface area is 149 Å². The number of amides is 1. The first kappa shape index (κ1) is 18.9. The van der Waals surface area contributed by atoms with Crippen LogP contribution in [0.15, 0.2) is 29.3 Å². The summed E-state index contributed by atoms with van der Waals surface area (Å²) in [4.78, 5) is 37.9. The van der Waals surface area contributed by atoms with Gasteiger partial charge in [-0.15, -0.1) is 11.8 Å². The summed E-state index contributed by atoms with van der Waals surface area (Å²) in [7, 11) is 4.50. The Morgan fingerprint density at radius 2 is 1.88 bits per heavy atom. The highest BCUT2D eigenvalue weighted by Crippen LogP contribution is 2.36. The zero-order chi connectivity index (χ0) is 18.7. The van der Waals surface area contributed by atoms with E-state index in [0.717, 1.165) is 0 Å². The van der Waals surface area contributed by atoms with E-state index >= 15 is 0 Å². The van der Waals surface area contributed by atoms with Gasteiger partial charge in [0.1, 0.15) is 5.37 Å². The molecule has 0 radical (unpaired) electrons. The van der Waals surface area contributed by atoms with E-state index in [4.69, 9.17) is 14.6 Å². The van der Waals surface area contributed by atoms with Crippen LogP contribution in [0.5, 0.6) is 11.5 Å². The van der Waals surface area contributed by atoms with Crippen molar-refractivity contribution in [2.75, 3.05) is 27.5 Å². The highest BCUT2D eigenvalue weighted by Gasteiger charge is 2.40. The lowest BCUT2D eigenvalue weighted by molar-refractivity contribution is -0.137. The summed E-state index contributed by atoms with van der Waals surface area (Å²) in [5, 5.41) is 8.57. The Balaban J connectivity index is 2.54. The van der Waals surface area contributed by atoms with E-state index in [0.29, 0.717) is 17.1 Å². The predicted molar refractivity (Wildman–Crippen MR) is 93.2 cm³/mol. The van der Waals surface area contributed by atoms with Crippen LogP contribution in [0.25, 0.3) is 0 Å². The number of hydrogen-bond donors (Lipinski definition) is 1. The van der Waals surface area contributed by atoms with Crippen molar-refractivity contribution in [1.29, 1.82) is 0 Å². The molecule has 0 aliphatic carbocycles. The van der Waals surface area contributed by atoms with Gasteiger partial charge in [0.05, 0.1) is 20.6 Å². The van der Waals surface area contributed by atoms with Gasteiger partial charge in [0.15, 0.2) is 17.3 Å². The van der Waals surface area contributed by atoms with Crippen LogP contribution in [0.3, 0.4) is 0 Å². The fraction of sp³-hybridized carbons (Fsp3) is 0.353. The topological polar surface area (TPSA) is 93.1 Å². The predicted octanol–water partition coefficient (Wildman–Crippen LogP) is 1.82. The van der Waals surface area contributed by atoms with Crippen molar-refractivity contribution in [2.24, 2.45) is 0 Å². The first-order valence-corrected chi connectivity index (χ1v) is 8.66. The van der Waals surface area contributed by atoms with Gasteiger partial charge in [-0.2, -0.15) is 0 Å². The Hall–Kier alpha value is -2.48. The number of nitrogens with zero attached hydrogens (tertiary/aromatic N) is 1. The number of Topliss-reactive ketones (excluding diaryl/α,β-unsaturated/α-hetero) is 1. The lowest BCUT2D eigenvalue weighted by Gasteiger charge is -2.20. The number of carbonyl (C=O) groups is 3. The van der Waals surface area contributed by atoms with Crippen LogP contribution in [0.4, 0.5) is 0 Å². The van der Waals surface area contributed by atoms with Gasteiger partial charge in [0, 0.05) is 23.8 Å². The van der Waals surface area contributed by atoms with Crippen molar-refractivity contribution in [3.63, 3.8) is 0 Å². The van der Waals surface area contributed by atoms with Gasteiger partial charge in [-0.3, -0.25) is 14.4 Å². The molecular weight excluding hydrogens is 346 g/mol. The third kappa shape index (κ3) is 3.48. The van der Waals surface area contributed by atoms with Crippen LogP contribution < -0.4 is 9.47 Å². The van der Waals surface area contributed by atoms with Crippen molar-refractivity contribution in [1.82, 2.24) is 4.90 Å². The zero-order valence-electron chi connectivity index (χ0n) is 14.4. The SMILES string of the molecule is COc1ccc(C(=O)C2=C(CC(=O)O)C(=O)N(C)C2SC)cc1OC. The Morgan fingerprint density at radius 3 is 2.40 bits per heavy atom. The van der Waals surface area contributed by atoms with E-state index in [2.05, 4.69) is 0 Å². The molecule has 134 valence electrons. The average molecular weight is 365 g/mol. The Kier molecular flexibility index (Phi) is 5.73. The maximum absolute atomic E-state index is 13.0. The molecule has 25 heavy (non-hydrogen) atoms. The molecule has 7 nitrogen and oxygen atoms in total. The molecule has 0 fully saturated rings. The van der Waals surface area contributed by atoms with Crippen molar-refractivity contribution < 1.29 is 29.0 Å². The van der Waals surface area contributed by atoms with Crippen LogP contribution in [0.2, 0.25) is 0 Å². The Morgan fingerprint density at radius 1 is 1.24 bits per heavy atom. The van der Waals surface area contributed by atoms with Gasteiger partial charge in [-0.1, -0.05) is 0 Å². The van der Waals surface area contributed by atoms with Crippen LogP contribution in [0.1, 0.15) is 16.8 Å². The minimum absolute atomic E-state index is 0.0223. The molecule has 1 aromatic carbocycles. The molecular formula is C17H19NO6S. The summed E-state index contributed by atoms with van der Waals surface area (Å²) >= 11 is 1.30. The monoisotopic (exact) mass is 365 g/mol. The smallest absolute Gasteiger partial charge is 0.308 e.